The monoisotopic (exact) mass is 212 g/mol. The molecule has 0 aromatic heterocycles. The third-order valence-corrected chi connectivity index (χ3v) is 3.32. The zero-order valence-corrected chi connectivity index (χ0v) is 10.7. The Balaban J connectivity index is 2.70. The zero-order valence-electron chi connectivity index (χ0n) is 10.7. The van der Waals surface area contributed by atoms with Gasteiger partial charge in [-0.05, 0) is 34.7 Å². The van der Waals surface area contributed by atoms with Crippen LogP contribution in [0.5, 0.6) is 0 Å². The van der Waals surface area contributed by atoms with Gasteiger partial charge in [-0.3, -0.25) is 9.74 Å². The van der Waals surface area contributed by atoms with Crippen molar-refractivity contribution in [2.75, 3.05) is 26.7 Å². The fourth-order valence-electron chi connectivity index (χ4n) is 2.20. The van der Waals surface area contributed by atoms with Crippen molar-refractivity contribution in [1.29, 1.82) is 0 Å². The van der Waals surface area contributed by atoms with Crippen LogP contribution in [-0.2, 0) is 4.84 Å². The van der Waals surface area contributed by atoms with Gasteiger partial charge in [-0.2, -0.15) is 5.06 Å². The minimum Gasteiger partial charge on any atom is -0.295 e. The van der Waals surface area contributed by atoms with Crippen molar-refractivity contribution in [3.63, 3.8) is 0 Å². The molecule has 3 heteroatoms. The van der Waals surface area contributed by atoms with Crippen molar-refractivity contribution >= 4 is 0 Å². The lowest BCUT2D eigenvalue weighted by Gasteiger charge is -2.54. The molecule has 0 unspecified atom stereocenters. The maximum absolute atomic E-state index is 5.64. The standard InChI is InChI=1S/C12H24N2O/c1-7-8-15-14-9-11(2,3)13(6)12(4,5)10-14/h7H,1,8-10H2,2-6H3. The first-order chi connectivity index (χ1) is 6.79. The molecule has 1 aliphatic rings. The van der Waals surface area contributed by atoms with Gasteiger partial charge in [0, 0.05) is 24.2 Å². The first kappa shape index (κ1) is 12.7. The van der Waals surface area contributed by atoms with Gasteiger partial charge in [0.1, 0.15) is 0 Å². The molecule has 0 saturated carbocycles. The Labute approximate surface area is 93.6 Å². The molecule has 15 heavy (non-hydrogen) atoms. The fraction of sp³-hybridized carbons (Fsp3) is 0.833. The van der Waals surface area contributed by atoms with Crippen LogP contribution in [-0.4, -0.2) is 47.8 Å². The van der Waals surface area contributed by atoms with Crippen LogP contribution in [0.15, 0.2) is 12.7 Å². The maximum Gasteiger partial charge on any atom is 0.0864 e. The first-order valence-corrected chi connectivity index (χ1v) is 5.52. The van der Waals surface area contributed by atoms with E-state index in [2.05, 4.69) is 51.3 Å². The molecule has 0 aromatic carbocycles. The van der Waals surface area contributed by atoms with E-state index in [0.29, 0.717) is 6.61 Å². The van der Waals surface area contributed by atoms with Gasteiger partial charge in [-0.1, -0.05) is 6.08 Å². The van der Waals surface area contributed by atoms with E-state index in [4.69, 9.17) is 4.84 Å². The number of likely N-dealkylation sites (N-methyl/N-ethyl adjacent to an activating group) is 1. The highest BCUT2D eigenvalue weighted by atomic mass is 16.7. The second-order valence-corrected chi connectivity index (χ2v) is 5.57. The number of hydrogen-bond acceptors (Lipinski definition) is 3. The molecule has 1 aliphatic heterocycles. The Morgan fingerprint density at radius 2 is 1.67 bits per heavy atom. The topological polar surface area (TPSA) is 15.7 Å². The van der Waals surface area contributed by atoms with E-state index >= 15 is 0 Å². The second-order valence-electron chi connectivity index (χ2n) is 5.57. The number of hydroxylamine groups is 2. The third-order valence-electron chi connectivity index (χ3n) is 3.32. The molecule has 3 nitrogen and oxygen atoms in total. The zero-order chi connectivity index (χ0) is 11.7. The average molecular weight is 212 g/mol. The summed E-state index contributed by atoms with van der Waals surface area (Å²) in [7, 11) is 2.19. The lowest BCUT2D eigenvalue weighted by atomic mass is 9.90. The largest absolute Gasteiger partial charge is 0.295 e. The Bertz CT molecular complexity index is 218. The first-order valence-electron chi connectivity index (χ1n) is 5.52. The van der Waals surface area contributed by atoms with Crippen molar-refractivity contribution in [1.82, 2.24) is 9.96 Å². The number of rotatable bonds is 3. The molecular weight excluding hydrogens is 188 g/mol. The molecule has 1 fully saturated rings. The SMILES string of the molecule is C=CCON1CC(C)(C)N(C)C(C)(C)C1. The molecule has 0 aromatic rings. The summed E-state index contributed by atoms with van der Waals surface area (Å²) >= 11 is 0. The lowest BCUT2D eigenvalue weighted by molar-refractivity contribution is -0.218. The molecule has 1 heterocycles. The lowest BCUT2D eigenvalue weighted by Crippen LogP contribution is -2.66. The average Bonchev–Trinajstić information content (AvgIpc) is 2.10. The van der Waals surface area contributed by atoms with Crippen LogP contribution in [0.2, 0.25) is 0 Å². The van der Waals surface area contributed by atoms with Gasteiger partial charge in [0.2, 0.25) is 0 Å². The van der Waals surface area contributed by atoms with Crippen LogP contribution in [0, 0.1) is 0 Å². The van der Waals surface area contributed by atoms with Crippen LogP contribution in [0.4, 0.5) is 0 Å². The third kappa shape index (κ3) is 2.80. The Morgan fingerprint density at radius 3 is 2.07 bits per heavy atom. The summed E-state index contributed by atoms with van der Waals surface area (Å²) in [6, 6.07) is 0. The second kappa shape index (κ2) is 4.24. The molecule has 0 radical (unpaired) electrons. The van der Waals surface area contributed by atoms with Crippen molar-refractivity contribution in [3.8, 4) is 0 Å². The molecule has 1 saturated heterocycles. The highest BCUT2D eigenvalue weighted by molar-refractivity contribution is 4.97. The van der Waals surface area contributed by atoms with Crippen LogP contribution in [0.25, 0.3) is 0 Å². The molecule has 0 atom stereocenters. The normalized spacial score (nSPS) is 26.5. The minimum atomic E-state index is 0.142. The molecule has 0 spiro atoms. The molecule has 0 aliphatic carbocycles. The predicted octanol–water partition coefficient (Wildman–Crippen LogP) is 1.91. The van der Waals surface area contributed by atoms with E-state index in [9.17, 15) is 0 Å². The van der Waals surface area contributed by atoms with E-state index in [1.165, 1.54) is 0 Å². The van der Waals surface area contributed by atoms with Crippen molar-refractivity contribution < 1.29 is 4.84 Å². The summed E-state index contributed by atoms with van der Waals surface area (Å²) in [5, 5.41) is 2.06. The predicted molar refractivity (Wildman–Crippen MR) is 63.6 cm³/mol. The van der Waals surface area contributed by atoms with Gasteiger partial charge in [-0.15, -0.1) is 6.58 Å². The van der Waals surface area contributed by atoms with E-state index in [0.717, 1.165) is 13.1 Å². The van der Waals surface area contributed by atoms with Gasteiger partial charge in [-0.25, -0.2) is 0 Å². The summed E-state index contributed by atoms with van der Waals surface area (Å²) in [5.41, 5.74) is 0.284. The fourth-order valence-corrected chi connectivity index (χ4v) is 2.20. The summed E-state index contributed by atoms with van der Waals surface area (Å²) in [4.78, 5) is 8.06. The van der Waals surface area contributed by atoms with Crippen LogP contribution >= 0.6 is 0 Å². The highest BCUT2D eigenvalue weighted by Crippen LogP contribution is 2.30. The molecule has 0 N–H and O–H groups in total. The molecule has 88 valence electrons. The van der Waals surface area contributed by atoms with Gasteiger partial charge in [0.15, 0.2) is 0 Å². The number of hydrogen-bond donors (Lipinski definition) is 0. The number of nitrogens with zero attached hydrogens (tertiary/aromatic N) is 2. The van der Waals surface area contributed by atoms with Crippen molar-refractivity contribution in [2.45, 2.75) is 38.8 Å². The molecule has 1 rings (SSSR count). The van der Waals surface area contributed by atoms with Gasteiger partial charge < -0.3 is 0 Å². The van der Waals surface area contributed by atoms with Crippen molar-refractivity contribution in [2.24, 2.45) is 0 Å². The molecule has 0 amide bonds. The van der Waals surface area contributed by atoms with Crippen molar-refractivity contribution in [3.05, 3.63) is 12.7 Å². The van der Waals surface area contributed by atoms with Gasteiger partial charge >= 0.3 is 0 Å². The van der Waals surface area contributed by atoms with Crippen LogP contribution in [0.3, 0.4) is 0 Å². The van der Waals surface area contributed by atoms with E-state index in [1.807, 2.05) is 0 Å². The summed E-state index contributed by atoms with van der Waals surface area (Å²) in [5.74, 6) is 0. The Morgan fingerprint density at radius 1 is 1.20 bits per heavy atom. The quantitative estimate of drug-likeness (QED) is 0.665. The van der Waals surface area contributed by atoms with Crippen LogP contribution < -0.4 is 0 Å². The van der Waals surface area contributed by atoms with E-state index in [-0.39, 0.29) is 11.1 Å². The minimum absolute atomic E-state index is 0.142. The van der Waals surface area contributed by atoms with E-state index < -0.39 is 0 Å². The smallest absolute Gasteiger partial charge is 0.0864 e. The Hall–Kier alpha value is -0.380. The maximum atomic E-state index is 5.64. The molecular formula is C12H24N2O. The van der Waals surface area contributed by atoms with E-state index in [1.54, 1.807) is 6.08 Å². The number of piperazine rings is 1. The van der Waals surface area contributed by atoms with Gasteiger partial charge in [0.25, 0.3) is 0 Å². The summed E-state index contributed by atoms with van der Waals surface area (Å²) in [6.07, 6.45) is 1.79. The summed E-state index contributed by atoms with van der Waals surface area (Å²) in [6.45, 7) is 15.1. The molecule has 0 bridgehead atoms. The summed E-state index contributed by atoms with van der Waals surface area (Å²) < 4.78 is 0. The highest BCUT2D eigenvalue weighted by Gasteiger charge is 2.42. The Kier molecular flexibility index (Phi) is 3.59. The van der Waals surface area contributed by atoms with Gasteiger partial charge in [0.05, 0.1) is 6.61 Å². The van der Waals surface area contributed by atoms with Crippen LogP contribution in [0.1, 0.15) is 27.7 Å².